The largest absolute Gasteiger partial charge is 0.259 e. The summed E-state index contributed by atoms with van der Waals surface area (Å²) in [5.74, 6) is 0. The molecule has 2 atom stereocenters. The summed E-state index contributed by atoms with van der Waals surface area (Å²) in [7, 11) is -4.53. The molecule has 66 valence electrons. The quantitative estimate of drug-likeness (QED) is 0.608. The van der Waals surface area contributed by atoms with Gasteiger partial charge in [0.2, 0.25) is 0 Å². The van der Waals surface area contributed by atoms with Gasteiger partial charge in [0.1, 0.15) is 4.58 Å². The lowest BCUT2D eigenvalue weighted by Crippen LogP contribution is -2.23. The van der Waals surface area contributed by atoms with Crippen LogP contribution in [0.1, 0.15) is 6.42 Å². The summed E-state index contributed by atoms with van der Waals surface area (Å²) < 4.78 is 31.9. The molecule has 0 saturated carbocycles. The summed E-state index contributed by atoms with van der Waals surface area (Å²) in [5, 5.41) is 0. The fourth-order valence-corrected chi connectivity index (χ4v) is 3.55. The highest BCUT2D eigenvalue weighted by molar-refractivity contribution is 8.05. The first-order chi connectivity index (χ1) is 4.89. The Balaban J connectivity index is 4.62. The van der Waals surface area contributed by atoms with Gasteiger partial charge in [0.15, 0.2) is 9.84 Å². The standard InChI is InChI=1S/C6H12O3S2/c1-4-5-6(10(2)7)11(3,8)9/h4,6H,1,5H2,2-3H3. The third-order valence-corrected chi connectivity index (χ3v) is 5.15. The monoisotopic (exact) mass is 196 g/mol. The Labute approximate surface area is 69.9 Å². The molecule has 5 heteroatoms. The summed E-state index contributed by atoms with van der Waals surface area (Å²) in [6, 6.07) is 0. The van der Waals surface area contributed by atoms with E-state index in [9.17, 15) is 12.6 Å². The first kappa shape index (κ1) is 10.8. The predicted octanol–water partition coefficient (Wildman–Crippen LogP) is 0.312. The van der Waals surface area contributed by atoms with Crippen molar-refractivity contribution < 1.29 is 12.6 Å². The highest BCUT2D eigenvalue weighted by atomic mass is 32.3. The fourth-order valence-electron chi connectivity index (χ4n) is 0.693. The molecule has 3 nitrogen and oxygen atoms in total. The molecule has 0 saturated heterocycles. The van der Waals surface area contributed by atoms with Crippen LogP contribution >= 0.6 is 0 Å². The minimum Gasteiger partial charge on any atom is -0.259 e. The molecule has 0 aromatic carbocycles. The molecular weight excluding hydrogens is 184 g/mol. The molecule has 0 radical (unpaired) electrons. The number of allylic oxidation sites excluding steroid dienone is 1. The van der Waals surface area contributed by atoms with Gasteiger partial charge in [-0.1, -0.05) is 6.08 Å². The van der Waals surface area contributed by atoms with E-state index in [1.54, 1.807) is 0 Å². The third-order valence-electron chi connectivity index (χ3n) is 1.21. The van der Waals surface area contributed by atoms with Crippen molar-refractivity contribution in [1.29, 1.82) is 0 Å². The van der Waals surface area contributed by atoms with E-state index in [2.05, 4.69) is 6.58 Å². The molecule has 0 aliphatic heterocycles. The zero-order valence-corrected chi connectivity index (χ0v) is 8.24. The van der Waals surface area contributed by atoms with Crippen molar-refractivity contribution in [1.82, 2.24) is 0 Å². The van der Waals surface area contributed by atoms with Crippen LogP contribution in [0.4, 0.5) is 0 Å². The van der Waals surface area contributed by atoms with Crippen LogP contribution in [0, 0.1) is 0 Å². The van der Waals surface area contributed by atoms with Crippen LogP contribution in [0.25, 0.3) is 0 Å². The van der Waals surface area contributed by atoms with E-state index in [-0.39, 0.29) is 6.42 Å². The molecule has 0 heterocycles. The van der Waals surface area contributed by atoms with E-state index < -0.39 is 25.2 Å². The Hall–Kier alpha value is -0.160. The van der Waals surface area contributed by atoms with Crippen molar-refractivity contribution in [2.75, 3.05) is 12.5 Å². The third kappa shape index (κ3) is 3.67. The number of sulfone groups is 1. The average molecular weight is 196 g/mol. The highest BCUT2D eigenvalue weighted by Gasteiger charge is 2.22. The highest BCUT2D eigenvalue weighted by Crippen LogP contribution is 2.08. The SMILES string of the molecule is C=CCC(S(C)=O)S(C)(=O)=O. The van der Waals surface area contributed by atoms with Gasteiger partial charge in [-0.25, -0.2) is 8.42 Å². The van der Waals surface area contributed by atoms with Gasteiger partial charge in [-0.3, -0.25) is 4.21 Å². The maximum absolute atomic E-state index is 10.9. The summed E-state index contributed by atoms with van der Waals surface area (Å²) in [6.07, 6.45) is 4.19. The molecule has 0 spiro atoms. The van der Waals surface area contributed by atoms with E-state index >= 15 is 0 Å². The Morgan fingerprint density at radius 2 is 2.09 bits per heavy atom. The molecule has 0 N–H and O–H groups in total. The predicted molar refractivity (Wildman–Crippen MR) is 47.5 cm³/mol. The number of rotatable bonds is 4. The zero-order valence-electron chi connectivity index (χ0n) is 6.61. The lowest BCUT2D eigenvalue weighted by molar-refractivity contribution is 0.597. The summed E-state index contributed by atoms with van der Waals surface area (Å²) in [6.45, 7) is 3.40. The van der Waals surface area contributed by atoms with Gasteiger partial charge in [-0.2, -0.15) is 0 Å². The van der Waals surface area contributed by atoms with Crippen LogP contribution in [0.15, 0.2) is 12.7 Å². The van der Waals surface area contributed by atoms with Crippen LogP contribution in [-0.2, 0) is 20.6 Å². The Bertz CT molecular complexity index is 253. The molecule has 0 aliphatic carbocycles. The fraction of sp³-hybridized carbons (Fsp3) is 0.667. The summed E-state index contributed by atoms with van der Waals surface area (Å²) >= 11 is 0. The lowest BCUT2D eigenvalue weighted by atomic mass is 10.5. The average Bonchev–Trinajstić information content (AvgIpc) is 1.79. The molecular formula is C6H12O3S2. The van der Waals surface area contributed by atoms with Crippen LogP contribution in [0.2, 0.25) is 0 Å². The maximum atomic E-state index is 10.9. The lowest BCUT2D eigenvalue weighted by Gasteiger charge is -2.08. The van der Waals surface area contributed by atoms with Gasteiger partial charge < -0.3 is 0 Å². The van der Waals surface area contributed by atoms with Gasteiger partial charge in [-0.05, 0) is 6.42 Å². The van der Waals surface area contributed by atoms with E-state index in [0.717, 1.165) is 6.26 Å². The van der Waals surface area contributed by atoms with Gasteiger partial charge in [-0.15, -0.1) is 6.58 Å². The summed E-state index contributed by atoms with van der Waals surface area (Å²) in [4.78, 5) is 0. The van der Waals surface area contributed by atoms with Crippen LogP contribution < -0.4 is 0 Å². The van der Waals surface area contributed by atoms with Crippen LogP contribution in [-0.4, -0.2) is 29.7 Å². The maximum Gasteiger partial charge on any atom is 0.162 e. The smallest absolute Gasteiger partial charge is 0.162 e. The van der Waals surface area contributed by atoms with E-state index in [1.807, 2.05) is 0 Å². The molecule has 0 bridgehead atoms. The molecule has 0 aliphatic rings. The second-order valence-electron chi connectivity index (χ2n) is 2.28. The summed E-state index contributed by atoms with van der Waals surface area (Å²) in [5.41, 5.74) is 0. The Morgan fingerprint density at radius 1 is 1.64 bits per heavy atom. The molecule has 2 unspecified atom stereocenters. The van der Waals surface area contributed by atoms with Crippen LogP contribution in [0.5, 0.6) is 0 Å². The molecule has 0 amide bonds. The van der Waals surface area contributed by atoms with Gasteiger partial charge in [0, 0.05) is 23.3 Å². The van der Waals surface area contributed by atoms with Crippen LogP contribution in [0.3, 0.4) is 0 Å². The van der Waals surface area contributed by atoms with E-state index in [1.165, 1.54) is 12.3 Å². The zero-order chi connectivity index (χ0) is 9.07. The molecule has 11 heavy (non-hydrogen) atoms. The normalized spacial score (nSPS) is 17.3. The first-order valence-electron chi connectivity index (χ1n) is 3.01. The molecule has 0 aromatic rings. The van der Waals surface area contributed by atoms with Crippen molar-refractivity contribution in [3.63, 3.8) is 0 Å². The second kappa shape index (κ2) is 4.01. The number of hydrogen-bond donors (Lipinski definition) is 0. The van der Waals surface area contributed by atoms with Gasteiger partial charge in [0.05, 0.1) is 0 Å². The Kier molecular flexibility index (Phi) is 3.96. The van der Waals surface area contributed by atoms with Gasteiger partial charge in [0.25, 0.3) is 0 Å². The van der Waals surface area contributed by atoms with Crippen molar-refractivity contribution in [2.24, 2.45) is 0 Å². The van der Waals surface area contributed by atoms with Gasteiger partial charge >= 0.3 is 0 Å². The van der Waals surface area contributed by atoms with Crippen molar-refractivity contribution in [3.8, 4) is 0 Å². The second-order valence-corrected chi connectivity index (χ2v) is 6.37. The van der Waals surface area contributed by atoms with E-state index in [0.29, 0.717) is 0 Å². The minimum atomic E-state index is -3.20. The molecule has 0 rings (SSSR count). The number of hydrogen-bond acceptors (Lipinski definition) is 3. The first-order valence-corrected chi connectivity index (χ1v) is 6.59. The van der Waals surface area contributed by atoms with Crippen molar-refractivity contribution in [2.45, 2.75) is 11.0 Å². The topological polar surface area (TPSA) is 51.2 Å². The molecule has 0 aromatic heterocycles. The van der Waals surface area contributed by atoms with E-state index in [4.69, 9.17) is 0 Å². The van der Waals surface area contributed by atoms with Crippen molar-refractivity contribution >= 4 is 20.6 Å². The Morgan fingerprint density at radius 3 is 2.18 bits per heavy atom. The van der Waals surface area contributed by atoms with Crippen molar-refractivity contribution in [3.05, 3.63) is 12.7 Å². The molecule has 0 fully saturated rings. The minimum absolute atomic E-state index is 0.252.